The van der Waals surface area contributed by atoms with Crippen molar-refractivity contribution in [1.29, 1.82) is 0 Å². The van der Waals surface area contributed by atoms with Crippen LogP contribution in [0.1, 0.15) is 4.79 Å². The molecule has 0 aliphatic heterocycles. The number of benzene rings is 1. The molecule has 0 unspecified atom stereocenters. The molecule has 0 saturated heterocycles. The van der Waals surface area contributed by atoms with Gasteiger partial charge in [-0.25, -0.2) is 0 Å². The number of alkyl halides is 3. The molecule has 1 aromatic heterocycles. The lowest BCUT2D eigenvalue weighted by atomic mass is 10.2. The maximum absolute atomic E-state index is 12.2. The highest BCUT2D eigenvalue weighted by atomic mass is 19.4. The standard InChI is InChI=1S/C9H6F3N3O/c10-9(11,12)8(16)15-7-2-1-6(13)3-5(7)4-14-15/h1-4H,13H2. The van der Waals surface area contributed by atoms with Crippen LogP contribution in [-0.4, -0.2) is 21.9 Å². The van der Waals surface area contributed by atoms with Gasteiger partial charge in [0.25, 0.3) is 0 Å². The Hall–Kier alpha value is -2.05. The highest BCUT2D eigenvalue weighted by Gasteiger charge is 2.41. The van der Waals surface area contributed by atoms with Gasteiger partial charge in [0.2, 0.25) is 0 Å². The van der Waals surface area contributed by atoms with Gasteiger partial charge in [-0.1, -0.05) is 0 Å². The van der Waals surface area contributed by atoms with Gasteiger partial charge in [-0.3, -0.25) is 4.79 Å². The summed E-state index contributed by atoms with van der Waals surface area (Å²) in [6, 6.07) is 4.17. The molecule has 1 aromatic carbocycles. The number of anilines is 1. The molecule has 4 nitrogen and oxygen atoms in total. The van der Waals surface area contributed by atoms with Crippen molar-refractivity contribution in [3.63, 3.8) is 0 Å². The molecular formula is C9H6F3N3O. The quantitative estimate of drug-likeness (QED) is 0.701. The van der Waals surface area contributed by atoms with E-state index in [1.807, 2.05) is 0 Å². The molecule has 2 rings (SSSR count). The van der Waals surface area contributed by atoms with E-state index < -0.39 is 12.1 Å². The maximum Gasteiger partial charge on any atom is 0.473 e. The van der Waals surface area contributed by atoms with Crippen LogP contribution in [0.25, 0.3) is 10.9 Å². The predicted octanol–water partition coefficient (Wildman–Crippen LogP) is 1.82. The summed E-state index contributed by atoms with van der Waals surface area (Å²) in [5.74, 6) is -2.02. The van der Waals surface area contributed by atoms with Crippen LogP contribution in [0, 0.1) is 0 Å². The van der Waals surface area contributed by atoms with Crippen molar-refractivity contribution >= 4 is 22.5 Å². The first-order chi connectivity index (χ1) is 7.39. The molecule has 2 aromatic rings. The minimum atomic E-state index is -4.94. The Morgan fingerprint density at radius 3 is 2.69 bits per heavy atom. The number of hydrogen-bond acceptors (Lipinski definition) is 3. The Labute approximate surface area is 87.4 Å². The van der Waals surface area contributed by atoms with Gasteiger partial charge >= 0.3 is 12.1 Å². The monoisotopic (exact) mass is 229 g/mol. The van der Waals surface area contributed by atoms with E-state index in [4.69, 9.17) is 5.73 Å². The summed E-state index contributed by atoms with van der Waals surface area (Å²) in [6.07, 6.45) is -3.78. The van der Waals surface area contributed by atoms with Crippen molar-refractivity contribution in [1.82, 2.24) is 9.78 Å². The Morgan fingerprint density at radius 1 is 1.38 bits per heavy atom. The van der Waals surface area contributed by atoms with Crippen LogP contribution in [0.5, 0.6) is 0 Å². The molecule has 84 valence electrons. The molecule has 0 fully saturated rings. The summed E-state index contributed by atoms with van der Waals surface area (Å²) in [5.41, 5.74) is 5.93. The highest BCUT2D eigenvalue weighted by molar-refractivity contribution is 5.94. The minimum absolute atomic E-state index is 0.0801. The van der Waals surface area contributed by atoms with E-state index in [0.29, 0.717) is 15.8 Å². The third kappa shape index (κ3) is 1.60. The van der Waals surface area contributed by atoms with Gasteiger partial charge in [-0.2, -0.15) is 23.0 Å². The smallest absolute Gasteiger partial charge is 0.399 e. The molecule has 0 atom stereocenters. The molecule has 7 heteroatoms. The normalized spacial score (nSPS) is 11.9. The topological polar surface area (TPSA) is 60.9 Å². The van der Waals surface area contributed by atoms with Crippen LogP contribution in [0.15, 0.2) is 24.4 Å². The number of carbonyl (C=O) groups is 1. The van der Waals surface area contributed by atoms with Crippen LogP contribution < -0.4 is 5.73 Å². The molecule has 16 heavy (non-hydrogen) atoms. The molecule has 0 bridgehead atoms. The van der Waals surface area contributed by atoms with E-state index in [-0.39, 0.29) is 5.52 Å². The molecule has 0 radical (unpaired) electrons. The number of nitrogens with two attached hydrogens (primary N) is 1. The summed E-state index contributed by atoms with van der Waals surface area (Å²) in [4.78, 5) is 11.0. The third-order valence-corrected chi connectivity index (χ3v) is 2.03. The zero-order valence-corrected chi connectivity index (χ0v) is 7.82. The molecule has 2 N–H and O–H groups in total. The minimum Gasteiger partial charge on any atom is -0.399 e. The van der Waals surface area contributed by atoms with Crippen LogP contribution in [0.2, 0.25) is 0 Å². The van der Waals surface area contributed by atoms with Crippen LogP contribution in [0.3, 0.4) is 0 Å². The summed E-state index contributed by atoms with van der Waals surface area (Å²) < 4.78 is 36.9. The molecule has 0 amide bonds. The molecule has 1 heterocycles. The molecule has 0 aliphatic rings. The Bertz CT molecular complexity index is 559. The Morgan fingerprint density at radius 2 is 2.06 bits per heavy atom. The number of rotatable bonds is 0. The fraction of sp³-hybridized carbons (Fsp3) is 0.111. The lowest BCUT2D eigenvalue weighted by Gasteiger charge is -2.05. The molecule has 0 saturated carbocycles. The third-order valence-electron chi connectivity index (χ3n) is 2.03. The predicted molar refractivity (Wildman–Crippen MR) is 50.8 cm³/mol. The zero-order chi connectivity index (χ0) is 11.9. The van der Waals surface area contributed by atoms with Crippen molar-refractivity contribution < 1.29 is 18.0 Å². The number of halogens is 3. The maximum atomic E-state index is 12.2. The number of nitrogen functional groups attached to an aromatic ring is 1. The van der Waals surface area contributed by atoms with Crippen LogP contribution >= 0.6 is 0 Å². The van der Waals surface area contributed by atoms with E-state index in [2.05, 4.69) is 5.10 Å². The van der Waals surface area contributed by atoms with Crippen LogP contribution in [0.4, 0.5) is 18.9 Å². The molecular weight excluding hydrogens is 223 g/mol. The van der Waals surface area contributed by atoms with Crippen LogP contribution in [-0.2, 0) is 0 Å². The van der Waals surface area contributed by atoms with Crippen molar-refractivity contribution in [2.24, 2.45) is 0 Å². The lowest BCUT2D eigenvalue weighted by molar-refractivity contribution is -0.0952. The average Bonchev–Trinajstić information content (AvgIpc) is 2.57. The van der Waals surface area contributed by atoms with Gasteiger partial charge in [-0.15, -0.1) is 0 Å². The van der Waals surface area contributed by atoms with Gasteiger partial charge in [0.05, 0.1) is 11.7 Å². The van der Waals surface area contributed by atoms with E-state index in [1.54, 1.807) is 0 Å². The number of nitrogens with zero attached hydrogens (tertiary/aromatic N) is 2. The number of aromatic nitrogens is 2. The largest absolute Gasteiger partial charge is 0.473 e. The first kappa shape index (κ1) is 10.5. The van der Waals surface area contributed by atoms with E-state index in [9.17, 15) is 18.0 Å². The van der Waals surface area contributed by atoms with Crippen molar-refractivity contribution in [2.45, 2.75) is 6.18 Å². The van der Waals surface area contributed by atoms with E-state index >= 15 is 0 Å². The number of carbonyl (C=O) groups excluding carboxylic acids is 1. The fourth-order valence-electron chi connectivity index (χ4n) is 1.33. The summed E-state index contributed by atoms with van der Waals surface area (Å²) in [5, 5.41) is 3.78. The second kappa shape index (κ2) is 3.22. The lowest BCUT2D eigenvalue weighted by Crippen LogP contribution is -2.29. The summed E-state index contributed by atoms with van der Waals surface area (Å²) in [6.45, 7) is 0. The number of fused-ring (bicyclic) bond motifs is 1. The van der Waals surface area contributed by atoms with Gasteiger partial charge in [0.1, 0.15) is 0 Å². The molecule has 0 aliphatic carbocycles. The van der Waals surface area contributed by atoms with E-state index in [1.165, 1.54) is 18.2 Å². The summed E-state index contributed by atoms with van der Waals surface area (Å²) >= 11 is 0. The first-order valence-electron chi connectivity index (χ1n) is 4.24. The molecule has 0 spiro atoms. The SMILES string of the molecule is Nc1ccc2c(cnn2C(=O)C(F)(F)F)c1. The Balaban J connectivity index is 2.59. The number of hydrogen-bond donors (Lipinski definition) is 1. The fourth-order valence-corrected chi connectivity index (χ4v) is 1.33. The Kier molecular flexibility index (Phi) is 2.11. The van der Waals surface area contributed by atoms with Gasteiger partial charge in [0.15, 0.2) is 0 Å². The zero-order valence-electron chi connectivity index (χ0n) is 7.82. The van der Waals surface area contributed by atoms with Crippen molar-refractivity contribution in [2.75, 3.05) is 5.73 Å². The van der Waals surface area contributed by atoms with Gasteiger partial charge in [-0.05, 0) is 18.2 Å². The van der Waals surface area contributed by atoms with E-state index in [0.717, 1.165) is 6.20 Å². The highest BCUT2D eigenvalue weighted by Crippen LogP contribution is 2.22. The van der Waals surface area contributed by atoms with Gasteiger partial charge < -0.3 is 5.73 Å². The second-order valence-corrected chi connectivity index (χ2v) is 3.18. The summed E-state index contributed by atoms with van der Waals surface area (Å²) in [7, 11) is 0. The average molecular weight is 229 g/mol. The van der Waals surface area contributed by atoms with Crippen molar-refractivity contribution in [3.05, 3.63) is 24.4 Å². The first-order valence-corrected chi connectivity index (χ1v) is 4.24. The second-order valence-electron chi connectivity index (χ2n) is 3.18. The van der Waals surface area contributed by atoms with Crippen molar-refractivity contribution in [3.8, 4) is 0 Å². The van der Waals surface area contributed by atoms with Gasteiger partial charge in [0, 0.05) is 11.1 Å².